The van der Waals surface area contributed by atoms with Crippen LogP contribution in [0.1, 0.15) is 25.7 Å². The van der Waals surface area contributed by atoms with E-state index < -0.39 is 30.0 Å². The fourth-order valence-electron chi connectivity index (χ4n) is 4.41. The first kappa shape index (κ1) is 26.0. The standard InChI is InChI=1S/C24H27Cl2FN6O3/c25-19-9-8-18(13-20(19)26)31-24(36)33-11-10-32(23(35)30-17-3-1-2-14(27)12-17)22(33)21(34)29-16-6-4-15(28)5-7-16/h1-3,8-9,12-13,15-16,22H,4-7,10-11,28H2,(H,29,34)(H,30,35)(H,31,36). The zero-order chi connectivity index (χ0) is 25.8. The number of anilines is 2. The second kappa shape index (κ2) is 11.3. The monoisotopic (exact) mass is 536 g/mol. The Balaban J connectivity index is 1.52. The molecule has 0 aromatic heterocycles. The number of hydrogen-bond donors (Lipinski definition) is 4. The van der Waals surface area contributed by atoms with Crippen molar-refractivity contribution in [2.75, 3.05) is 23.7 Å². The van der Waals surface area contributed by atoms with E-state index in [0.29, 0.717) is 23.6 Å². The van der Waals surface area contributed by atoms with Gasteiger partial charge >= 0.3 is 12.1 Å². The van der Waals surface area contributed by atoms with Crippen molar-refractivity contribution in [1.82, 2.24) is 15.1 Å². The lowest BCUT2D eigenvalue weighted by molar-refractivity contribution is -0.128. The van der Waals surface area contributed by atoms with Crippen LogP contribution in [0.5, 0.6) is 0 Å². The molecule has 1 saturated carbocycles. The van der Waals surface area contributed by atoms with Gasteiger partial charge in [-0.1, -0.05) is 29.3 Å². The Morgan fingerprint density at radius 2 is 1.47 bits per heavy atom. The smallest absolute Gasteiger partial charge is 0.323 e. The predicted molar refractivity (Wildman–Crippen MR) is 136 cm³/mol. The van der Waals surface area contributed by atoms with E-state index in [9.17, 15) is 18.8 Å². The summed E-state index contributed by atoms with van der Waals surface area (Å²) < 4.78 is 13.6. The number of halogens is 3. The number of hydrogen-bond acceptors (Lipinski definition) is 4. The number of carbonyl (C=O) groups is 3. The number of amides is 5. The summed E-state index contributed by atoms with van der Waals surface area (Å²) in [6.45, 7) is 0.209. The SMILES string of the molecule is NC1CCC(NC(=O)C2N(C(=O)Nc3cccc(F)c3)CCN2C(=O)Nc2ccc(Cl)c(Cl)c2)CC1. The summed E-state index contributed by atoms with van der Waals surface area (Å²) >= 11 is 12.0. The summed E-state index contributed by atoms with van der Waals surface area (Å²) in [5.41, 5.74) is 6.59. The van der Waals surface area contributed by atoms with E-state index >= 15 is 0 Å². The van der Waals surface area contributed by atoms with Crippen LogP contribution in [-0.2, 0) is 4.79 Å². The van der Waals surface area contributed by atoms with E-state index in [1.54, 1.807) is 12.1 Å². The van der Waals surface area contributed by atoms with Gasteiger partial charge in [0.2, 0.25) is 0 Å². The normalized spacial score (nSPS) is 21.7. The highest BCUT2D eigenvalue weighted by atomic mass is 35.5. The lowest BCUT2D eigenvalue weighted by Crippen LogP contribution is -2.57. The minimum absolute atomic E-state index is 0.101. The molecule has 5 amide bonds. The quantitative estimate of drug-likeness (QED) is 0.467. The molecule has 5 N–H and O–H groups in total. The average molecular weight is 537 g/mol. The highest BCUT2D eigenvalue weighted by molar-refractivity contribution is 6.42. The van der Waals surface area contributed by atoms with Gasteiger partial charge in [0.1, 0.15) is 5.82 Å². The Morgan fingerprint density at radius 1 is 0.861 bits per heavy atom. The van der Waals surface area contributed by atoms with E-state index in [0.717, 1.165) is 12.8 Å². The van der Waals surface area contributed by atoms with Crippen LogP contribution < -0.4 is 21.7 Å². The van der Waals surface area contributed by atoms with Crippen molar-refractivity contribution in [3.05, 3.63) is 58.3 Å². The third kappa shape index (κ3) is 6.18. The molecule has 12 heteroatoms. The first-order valence-electron chi connectivity index (χ1n) is 11.6. The van der Waals surface area contributed by atoms with Crippen LogP contribution in [0.2, 0.25) is 10.0 Å². The van der Waals surface area contributed by atoms with Gasteiger partial charge in [0.15, 0.2) is 6.17 Å². The minimum Gasteiger partial charge on any atom is -0.350 e. The maximum atomic E-state index is 13.6. The summed E-state index contributed by atoms with van der Waals surface area (Å²) in [4.78, 5) is 42.2. The second-order valence-electron chi connectivity index (χ2n) is 8.88. The summed E-state index contributed by atoms with van der Waals surface area (Å²) in [6.07, 6.45) is 1.77. The predicted octanol–water partition coefficient (Wildman–Crippen LogP) is 4.23. The van der Waals surface area contributed by atoms with E-state index in [1.807, 2.05) is 0 Å². The molecule has 1 aliphatic carbocycles. The molecule has 0 spiro atoms. The molecule has 0 radical (unpaired) electrons. The molecule has 9 nitrogen and oxygen atoms in total. The van der Waals surface area contributed by atoms with Crippen LogP contribution in [0.4, 0.5) is 25.4 Å². The van der Waals surface area contributed by atoms with Crippen molar-refractivity contribution in [2.45, 2.75) is 43.9 Å². The molecule has 0 bridgehead atoms. The molecule has 1 aliphatic heterocycles. The maximum Gasteiger partial charge on any atom is 0.323 e. The highest BCUT2D eigenvalue weighted by Gasteiger charge is 2.43. The molecule has 1 heterocycles. The number of nitrogens with one attached hydrogen (secondary N) is 3. The Hall–Kier alpha value is -3.08. The van der Waals surface area contributed by atoms with Gasteiger partial charge in [0.25, 0.3) is 5.91 Å². The molecule has 1 saturated heterocycles. The first-order chi connectivity index (χ1) is 17.2. The molecular formula is C24H27Cl2FN6O3. The molecule has 1 unspecified atom stereocenters. The third-order valence-corrected chi connectivity index (χ3v) is 7.03. The second-order valence-corrected chi connectivity index (χ2v) is 9.69. The molecule has 192 valence electrons. The summed E-state index contributed by atoms with van der Waals surface area (Å²) in [7, 11) is 0. The topological polar surface area (TPSA) is 120 Å². The van der Waals surface area contributed by atoms with Crippen molar-refractivity contribution < 1.29 is 18.8 Å². The number of nitrogens with two attached hydrogens (primary N) is 1. The summed E-state index contributed by atoms with van der Waals surface area (Å²) in [5.74, 6) is -0.992. The minimum atomic E-state index is -1.21. The summed E-state index contributed by atoms with van der Waals surface area (Å²) in [5, 5.41) is 8.87. The van der Waals surface area contributed by atoms with Crippen LogP contribution in [0.25, 0.3) is 0 Å². The summed E-state index contributed by atoms with van der Waals surface area (Å²) in [6, 6.07) is 8.82. The molecular weight excluding hydrogens is 510 g/mol. The zero-order valence-electron chi connectivity index (χ0n) is 19.3. The van der Waals surface area contributed by atoms with Crippen LogP contribution >= 0.6 is 23.2 Å². The molecule has 4 rings (SSSR count). The van der Waals surface area contributed by atoms with E-state index in [1.165, 1.54) is 40.1 Å². The number of nitrogens with zero attached hydrogens (tertiary/aromatic N) is 2. The lowest BCUT2D eigenvalue weighted by atomic mass is 9.92. The largest absolute Gasteiger partial charge is 0.350 e. The Bertz CT molecular complexity index is 1140. The van der Waals surface area contributed by atoms with Crippen molar-refractivity contribution in [3.63, 3.8) is 0 Å². The molecule has 1 atom stereocenters. The number of carbonyl (C=O) groups excluding carboxylic acids is 3. The van der Waals surface area contributed by atoms with Crippen LogP contribution in [-0.4, -0.2) is 59.1 Å². The van der Waals surface area contributed by atoms with Gasteiger partial charge in [0, 0.05) is 36.5 Å². The van der Waals surface area contributed by atoms with Gasteiger partial charge in [-0.05, 0) is 62.1 Å². The van der Waals surface area contributed by atoms with E-state index in [2.05, 4.69) is 16.0 Å². The fraction of sp³-hybridized carbons (Fsp3) is 0.375. The van der Waals surface area contributed by atoms with Crippen molar-refractivity contribution in [1.29, 1.82) is 0 Å². The first-order valence-corrected chi connectivity index (χ1v) is 12.4. The van der Waals surface area contributed by atoms with Gasteiger partial charge in [-0.3, -0.25) is 14.6 Å². The number of rotatable bonds is 4. The Kier molecular flexibility index (Phi) is 8.17. The zero-order valence-corrected chi connectivity index (χ0v) is 20.9. The van der Waals surface area contributed by atoms with E-state index in [4.69, 9.17) is 28.9 Å². The molecule has 36 heavy (non-hydrogen) atoms. The molecule has 2 fully saturated rings. The van der Waals surface area contributed by atoms with Gasteiger partial charge < -0.3 is 21.7 Å². The van der Waals surface area contributed by atoms with Crippen LogP contribution in [0, 0.1) is 5.82 Å². The Labute approximate surface area is 218 Å². The van der Waals surface area contributed by atoms with Crippen molar-refractivity contribution >= 4 is 52.5 Å². The van der Waals surface area contributed by atoms with Crippen molar-refractivity contribution in [3.8, 4) is 0 Å². The number of urea groups is 2. The van der Waals surface area contributed by atoms with Gasteiger partial charge in [-0.2, -0.15) is 0 Å². The lowest BCUT2D eigenvalue weighted by Gasteiger charge is -2.32. The maximum absolute atomic E-state index is 13.6. The third-order valence-electron chi connectivity index (χ3n) is 6.29. The van der Waals surface area contributed by atoms with Crippen LogP contribution in [0.3, 0.4) is 0 Å². The molecule has 2 aliphatic rings. The van der Waals surface area contributed by atoms with Gasteiger partial charge in [-0.25, -0.2) is 14.0 Å². The van der Waals surface area contributed by atoms with Crippen molar-refractivity contribution in [2.24, 2.45) is 5.73 Å². The van der Waals surface area contributed by atoms with Gasteiger partial charge in [0.05, 0.1) is 10.0 Å². The number of benzene rings is 2. The molecule has 2 aromatic carbocycles. The fourth-order valence-corrected chi connectivity index (χ4v) is 4.70. The van der Waals surface area contributed by atoms with Crippen LogP contribution in [0.15, 0.2) is 42.5 Å². The van der Waals surface area contributed by atoms with Gasteiger partial charge in [-0.15, -0.1) is 0 Å². The Morgan fingerprint density at radius 3 is 2.06 bits per heavy atom. The van der Waals surface area contributed by atoms with E-state index in [-0.39, 0.29) is 35.9 Å². The highest BCUT2D eigenvalue weighted by Crippen LogP contribution is 2.26. The average Bonchev–Trinajstić information content (AvgIpc) is 3.29. The molecule has 2 aromatic rings.